The highest BCUT2D eigenvalue weighted by atomic mass is 32.1. The number of aliphatic hydroxyl groups is 1. The van der Waals surface area contributed by atoms with Gasteiger partial charge in [0.15, 0.2) is 0 Å². The third-order valence-corrected chi connectivity index (χ3v) is 4.81. The largest absolute Gasteiger partial charge is 0.387 e. The maximum absolute atomic E-state index is 12.2. The van der Waals surface area contributed by atoms with E-state index in [2.05, 4.69) is 10.2 Å². The summed E-state index contributed by atoms with van der Waals surface area (Å²) < 4.78 is 5.35. The van der Waals surface area contributed by atoms with Crippen LogP contribution in [0.15, 0.2) is 41.1 Å². The number of hydrogen-bond acceptors (Lipinski definition) is 5. The van der Waals surface area contributed by atoms with Gasteiger partial charge in [-0.2, -0.15) is 11.3 Å². The Labute approximate surface area is 145 Å². The highest BCUT2D eigenvalue weighted by molar-refractivity contribution is 7.07. The fourth-order valence-electron chi connectivity index (χ4n) is 2.65. The summed E-state index contributed by atoms with van der Waals surface area (Å²) >= 11 is 1.53. The van der Waals surface area contributed by atoms with Crippen LogP contribution in [0.3, 0.4) is 0 Å². The minimum atomic E-state index is -0.666. The smallest absolute Gasteiger partial charge is 0.251 e. The van der Waals surface area contributed by atoms with Gasteiger partial charge in [-0.3, -0.25) is 9.69 Å². The van der Waals surface area contributed by atoms with E-state index in [0.29, 0.717) is 5.56 Å². The van der Waals surface area contributed by atoms with Crippen molar-refractivity contribution in [3.63, 3.8) is 0 Å². The second-order valence-corrected chi connectivity index (χ2v) is 6.65. The number of nitrogens with one attached hydrogen (secondary N) is 1. The molecule has 1 aliphatic rings. The van der Waals surface area contributed by atoms with E-state index >= 15 is 0 Å². The van der Waals surface area contributed by atoms with Crippen molar-refractivity contribution in [1.29, 1.82) is 0 Å². The number of rotatable bonds is 6. The molecule has 3 rings (SSSR count). The highest BCUT2D eigenvalue weighted by Gasteiger charge is 2.13. The molecule has 5 nitrogen and oxygen atoms in total. The summed E-state index contributed by atoms with van der Waals surface area (Å²) in [5.41, 5.74) is 2.63. The molecule has 1 aromatic carbocycles. The molecule has 1 atom stereocenters. The third-order valence-electron chi connectivity index (χ3n) is 4.11. The molecule has 0 saturated carbocycles. The highest BCUT2D eigenvalue weighted by Crippen LogP contribution is 2.15. The zero-order valence-electron chi connectivity index (χ0n) is 13.5. The minimum Gasteiger partial charge on any atom is -0.387 e. The Balaban J connectivity index is 1.50. The third kappa shape index (κ3) is 4.64. The molecule has 0 unspecified atom stereocenters. The summed E-state index contributed by atoms with van der Waals surface area (Å²) in [6.45, 7) is 4.55. The minimum absolute atomic E-state index is 0.165. The van der Waals surface area contributed by atoms with Crippen molar-refractivity contribution in [2.24, 2.45) is 0 Å². The summed E-state index contributed by atoms with van der Waals surface area (Å²) in [7, 11) is 0. The van der Waals surface area contributed by atoms with Gasteiger partial charge in [0.25, 0.3) is 5.91 Å². The molecular weight excluding hydrogens is 324 g/mol. The zero-order chi connectivity index (χ0) is 16.8. The van der Waals surface area contributed by atoms with Crippen LogP contribution in [0.5, 0.6) is 0 Å². The Morgan fingerprint density at radius 2 is 2.00 bits per heavy atom. The van der Waals surface area contributed by atoms with Gasteiger partial charge < -0.3 is 15.2 Å². The van der Waals surface area contributed by atoms with Crippen molar-refractivity contribution < 1.29 is 14.6 Å². The average molecular weight is 346 g/mol. The van der Waals surface area contributed by atoms with E-state index in [1.54, 1.807) is 0 Å². The van der Waals surface area contributed by atoms with Gasteiger partial charge in [-0.25, -0.2) is 0 Å². The molecule has 1 saturated heterocycles. The molecule has 0 aliphatic carbocycles. The van der Waals surface area contributed by atoms with Gasteiger partial charge in [0, 0.05) is 31.7 Å². The van der Waals surface area contributed by atoms with E-state index in [-0.39, 0.29) is 12.5 Å². The van der Waals surface area contributed by atoms with Gasteiger partial charge in [-0.1, -0.05) is 12.1 Å². The molecule has 1 fully saturated rings. The van der Waals surface area contributed by atoms with Crippen molar-refractivity contribution in [3.05, 3.63) is 57.8 Å². The molecule has 2 aromatic rings. The Morgan fingerprint density at radius 1 is 1.25 bits per heavy atom. The van der Waals surface area contributed by atoms with E-state index in [4.69, 9.17) is 4.74 Å². The van der Waals surface area contributed by atoms with Gasteiger partial charge in [0.1, 0.15) is 0 Å². The molecule has 1 amide bonds. The predicted molar refractivity (Wildman–Crippen MR) is 94.2 cm³/mol. The molecule has 6 heteroatoms. The van der Waals surface area contributed by atoms with Crippen LogP contribution >= 0.6 is 11.3 Å². The normalized spacial score (nSPS) is 16.7. The summed E-state index contributed by atoms with van der Waals surface area (Å²) in [6.07, 6.45) is -0.666. The summed E-state index contributed by atoms with van der Waals surface area (Å²) in [4.78, 5) is 14.5. The molecule has 0 spiro atoms. The van der Waals surface area contributed by atoms with Crippen molar-refractivity contribution in [2.75, 3.05) is 32.8 Å². The quantitative estimate of drug-likeness (QED) is 0.840. The van der Waals surface area contributed by atoms with Gasteiger partial charge in [-0.05, 0) is 40.1 Å². The van der Waals surface area contributed by atoms with E-state index < -0.39 is 6.10 Å². The van der Waals surface area contributed by atoms with Gasteiger partial charge in [0.2, 0.25) is 0 Å². The molecule has 2 heterocycles. The molecule has 0 radical (unpaired) electrons. The number of aliphatic hydroxyl groups excluding tert-OH is 1. The first kappa shape index (κ1) is 17.1. The van der Waals surface area contributed by atoms with Crippen LogP contribution in [0.2, 0.25) is 0 Å². The Bertz CT molecular complexity index is 637. The number of nitrogens with zero attached hydrogens (tertiary/aromatic N) is 1. The second-order valence-electron chi connectivity index (χ2n) is 5.87. The molecule has 128 valence electrons. The van der Waals surface area contributed by atoms with E-state index in [1.807, 2.05) is 41.1 Å². The van der Waals surface area contributed by atoms with Crippen molar-refractivity contribution in [3.8, 4) is 0 Å². The van der Waals surface area contributed by atoms with Crippen LogP contribution in [0.1, 0.15) is 27.6 Å². The topological polar surface area (TPSA) is 61.8 Å². The summed E-state index contributed by atoms with van der Waals surface area (Å²) in [6, 6.07) is 9.51. The zero-order valence-corrected chi connectivity index (χ0v) is 14.3. The fourth-order valence-corrected chi connectivity index (χ4v) is 3.36. The van der Waals surface area contributed by atoms with Gasteiger partial charge in [0.05, 0.1) is 19.3 Å². The van der Waals surface area contributed by atoms with E-state index in [1.165, 1.54) is 16.9 Å². The standard InChI is InChI=1S/C18H22N2O3S/c21-17(16-5-10-24-13-16)11-19-18(22)15-3-1-14(2-4-15)12-20-6-8-23-9-7-20/h1-5,10,13,17,21H,6-9,11-12H2,(H,19,22)/t17-/m0/s1. The Kier molecular flexibility index (Phi) is 5.98. The first-order chi connectivity index (χ1) is 11.7. The van der Waals surface area contributed by atoms with Crippen molar-refractivity contribution in [1.82, 2.24) is 10.2 Å². The summed E-state index contributed by atoms with van der Waals surface area (Å²) in [5.74, 6) is -0.165. The van der Waals surface area contributed by atoms with Crippen LogP contribution < -0.4 is 5.32 Å². The molecule has 1 aromatic heterocycles. The first-order valence-electron chi connectivity index (χ1n) is 8.10. The lowest BCUT2D eigenvalue weighted by Crippen LogP contribution is -2.35. The van der Waals surface area contributed by atoms with Crippen LogP contribution in [-0.4, -0.2) is 48.8 Å². The lowest BCUT2D eigenvalue weighted by molar-refractivity contribution is 0.0342. The van der Waals surface area contributed by atoms with Crippen molar-refractivity contribution in [2.45, 2.75) is 12.6 Å². The lowest BCUT2D eigenvalue weighted by atomic mass is 10.1. The Hall–Kier alpha value is -1.73. The number of thiophene rings is 1. The van der Waals surface area contributed by atoms with Crippen LogP contribution in [0.4, 0.5) is 0 Å². The number of hydrogen-bond donors (Lipinski definition) is 2. The predicted octanol–water partition coefficient (Wildman–Crippen LogP) is 2.04. The monoisotopic (exact) mass is 346 g/mol. The van der Waals surface area contributed by atoms with Gasteiger partial charge >= 0.3 is 0 Å². The van der Waals surface area contributed by atoms with Crippen LogP contribution in [-0.2, 0) is 11.3 Å². The first-order valence-corrected chi connectivity index (χ1v) is 9.04. The number of ether oxygens (including phenoxy) is 1. The SMILES string of the molecule is O=C(NC[C@H](O)c1ccsc1)c1ccc(CN2CCOCC2)cc1. The number of benzene rings is 1. The molecule has 0 bridgehead atoms. The number of carbonyl (C=O) groups excluding carboxylic acids is 1. The molecule has 2 N–H and O–H groups in total. The number of amides is 1. The van der Waals surface area contributed by atoms with E-state index in [0.717, 1.165) is 38.4 Å². The average Bonchev–Trinajstić information content (AvgIpc) is 3.16. The maximum Gasteiger partial charge on any atom is 0.251 e. The lowest BCUT2D eigenvalue weighted by Gasteiger charge is -2.26. The van der Waals surface area contributed by atoms with Crippen LogP contribution in [0.25, 0.3) is 0 Å². The van der Waals surface area contributed by atoms with Crippen molar-refractivity contribution >= 4 is 17.2 Å². The molecule has 1 aliphatic heterocycles. The number of carbonyl (C=O) groups is 1. The fraction of sp³-hybridized carbons (Fsp3) is 0.389. The summed E-state index contributed by atoms with van der Waals surface area (Å²) in [5, 5.41) is 16.6. The van der Waals surface area contributed by atoms with Crippen LogP contribution in [0, 0.1) is 0 Å². The molecular formula is C18H22N2O3S. The van der Waals surface area contributed by atoms with Gasteiger partial charge in [-0.15, -0.1) is 0 Å². The second kappa shape index (κ2) is 8.39. The Morgan fingerprint density at radius 3 is 2.67 bits per heavy atom. The number of morpholine rings is 1. The maximum atomic E-state index is 12.2. The van der Waals surface area contributed by atoms with E-state index in [9.17, 15) is 9.90 Å². The molecule has 24 heavy (non-hydrogen) atoms.